The molecule has 42 heavy (non-hydrogen) atoms. The average Bonchev–Trinajstić information content (AvgIpc) is 3.42. The highest BCUT2D eigenvalue weighted by molar-refractivity contribution is 7.11. The molecule has 2 aromatic rings. The van der Waals surface area contributed by atoms with Crippen molar-refractivity contribution in [3.8, 4) is 0 Å². The van der Waals surface area contributed by atoms with Crippen LogP contribution >= 0.6 is 11.3 Å². The van der Waals surface area contributed by atoms with Gasteiger partial charge in [-0.3, -0.25) is 9.69 Å². The Hall–Kier alpha value is -3.40. The minimum absolute atomic E-state index is 0.282. The molecular formula is C26H32F6N4O5S. The first kappa shape index (κ1) is 34.8. The summed E-state index contributed by atoms with van der Waals surface area (Å²) in [4.78, 5) is 45.2. The summed E-state index contributed by atoms with van der Waals surface area (Å²) in [5.41, 5.74) is -0.304. The number of anilines is 1. The SMILES string of the molecule is Cc1ccc(CN2CCC[C@]3(C(=O)N(C)C)CN(c4ccccn4)C[C@@H]3C2)s1.O=C(O)C(F)(F)F.O=C(O)C(F)(F)F. The van der Waals surface area contributed by atoms with Gasteiger partial charge in [0.25, 0.3) is 0 Å². The monoisotopic (exact) mass is 626 g/mol. The summed E-state index contributed by atoms with van der Waals surface area (Å²) in [7, 11) is 3.79. The molecule has 0 bridgehead atoms. The topological polar surface area (TPSA) is 114 Å². The van der Waals surface area contributed by atoms with Crippen molar-refractivity contribution in [2.75, 3.05) is 45.2 Å². The highest BCUT2D eigenvalue weighted by Crippen LogP contribution is 2.45. The molecule has 4 rings (SSSR count). The van der Waals surface area contributed by atoms with Gasteiger partial charge in [-0.1, -0.05) is 6.07 Å². The first-order chi connectivity index (χ1) is 19.4. The molecule has 2 aromatic heterocycles. The number of carbonyl (C=O) groups excluding carboxylic acids is 1. The third-order valence-electron chi connectivity index (χ3n) is 6.74. The van der Waals surface area contributed by atoms with Gasteiger partial charge >= 0.3 is 24.3 Å². The quantitative estimate of drug-likeness (QED) is 0.477. The van der Waals surface area contributed by atoms with Crippen molar-refractivity contribution in [1.82, 2.24) is 14.8 Å². The maximum atomic E-state index is 13.4. The Morgan fingerprint density at radius 3 is 2.07 bits per heavy atom. The Morgan fingerprint density at radius 2 is 1.62 bits per heavy atom. The Morgan fingerprint density at radius 1 is 1.02 bits per heavy atom. The van der Waals surface area contributed by atoms with Crippen molar-refractivity contribution in [3.63, 3.8) is 0 Å². The standard InChI is InChI=1S/C22H30N4OS.2C2HF3O2/c1-17-8-9-19(28-17)15-25-12-6-10-22(21(27)24(2)3)16-26(14-18(22)13-25)20-7-4-5-11-23-20;2*3-2(4,5)1(6)7/h4-5,7-9,11,18H,6,10,12-16H2,1-3H3;2*(H,6,7)/t18-,22-;;/m0../s1. The van der Waals surface area contributed by atoms with Crippen molar-refractivity contribution in [1.29, 1.82) is 0 Å². The molecule has 0 unspecified atom stereocenters. The fourth-order valence-corrected chi connectivity index (χ4v) is 5.89. The van der Waals surface area contributed by atoms with E-state index in [0.717, 1.165) is 51.4 Å². The van der Waals surface area contributed by atoms with Crippen molar-refractivity contribution < 1.29 is 50.9 Å². The molecule has 0 spiro atoms. The van der Waals surface area contributed by atoms with Gasteiger partial charge < -0.3 is 20.0 Å². The second-order valence-electron chi connectivity index (χ2n) is 10.1. The van der Waals surface area contributed by atoms with Crippen LogP contribution in [0.25, 0.3) is 0 Å². The van der Waals surface area contributed by atoms with Gasteiger partial charge in [-0.2, -0.15) is 26.3 Å². The molecule has 2 N–H and O–H groups in total. The number of aryl methyl sites for hydroxylation is 1. The van der Waals surface area contributed by atoms with Gasteiger partial charge in [-0.05, 0) is 50.6 Å². The number of carbonyl (C=O) groups is 3. The molecule has 2 atom stereocenters. The summed E-state index contributed by atoms with van der Waals surface area (Å²) in [6.45, 7) is 6.87. The summed E-state index contributed by atoms with van der Waals surface area (Å²) in [5, 5.41) is 14.2. The van der Waals surface area contributed by atoms with Crippen molar-refractivity contribution in [3.05, 3.63) is 46.3 Å². The van der Waals surface area contributed by atoms with Crippen molar-refractivity contribution >= 4 is 35.0 Å². The van der Waals surface area contributed by atoms with Crippen LogP contribution in [-0.2, 0) is 20.9 Å². The number of carboxylic acids is 2. The number of halogens is 6. The van der Waals surface area contributed by atoms with Crippen LogP contribution < -0.4 is 4.90 Å². The number of alkyl halides is 6. The van der Waals surface area contributed by atoms with Gasteiger partial charge in [0.1, 0.15) is 5.82 Å². The van der Waals surface area contributed by atoms with E-state index in [0.29, 0.717) is 5.92 Å². The maximum absolute atomic E-state index is 13.4. The van der Waals surface area contributed by atoms with E-state index in [2.05, 4.69) is 39.9 Å². The number of fused-ring (bicyclic) bond motifs is 1. The molecule has 2 aliphatic heterocycles. The third kappa shape index (κ3) is 9.58. The van der Waals surface area contributed by atoms with Crippen LogP contribution in [0.3, 0.4) is 0 Å². The molecule has 2 aliphatic rings. The van der Waals surface area contributed by atoms with E-state index in [1.807, 2.05) is 43.8 Å². The van der Waals surface area contributed by atoms with E-state index in [-0.39, 0.29) is 11.3 Å². The minimum Gasteiger partial charge on any atom is -0.475 e. The predicted molar refractivity (Wildman–Crippen MR) is 142 cm³/mol. The second kappa shape index (κ2) is 14.2. The van der Waals surface area contributed by atoms with Crippen LogP contribution in [0, 0.1) is 18.3 Å². The number of carboxylic acid groups (broad SMARTS) is 2. The number of amides is 1. The van der Waals surface area contributed by atoms with Crippen molar-refractivity contribution in [2.45, 2.75) is 38.7 Å². The van der Waals surface area contributed by atoms with Gasteiger partial charge in [-0.25, -0.2) is 14.6 Å². The fraction of sp³-hybridized carbons (Fsp3) is 0.538. The Bertz CT molecular complexity index is 1180. The number of hydrogen-bond donors (Lipinski definition) is 2. The lowest BCUT2D eigenvalue weighted by atomic mass is 9.74. The molecule has 9 nitrogen and oxygen atoms in total. The summed E-state index contributed by atoms with van der Waals surface area (Å²) in [6.07, 6.45) is -6.30. The van der Waals surface area contributed by atoms with Gasteiger partial charge in [0, 0.05) is 62.1 Å². The first-order valence-corrected chi connectivity index (χ1v) is 13.4. The highest BCUT2D eigenvalue weighted by atomic mass is 32.1. The van der Waals surface area contributed by atoms with Crippen LogP contribution in [0.2, 0.25) is 0 Å². The van der Waals surface area contributed by atoms with Gasteiger partial charge in [0.05, 0.1) is 5.41 Å². The molecule has 2 saturated heterocycles. The highest BCUT2D eigenvalue weighted by Gasteiger charge is 2.53. The molecule has 0 aromatic carbocycles. The van der Waals surface area contributed by atoms with E-state index in [1.165, 1.54) is 9.75 Å². The molecule has 16 heteroatoms. The summed E-state index contributed by atoms with van der Waals surface area (Å²) in [6, 6.07) is 10.5. The number of rotatable bonds is 4. The molecule has 0 aliphatic carbocycles. The molecule has 4 heterocycles. The van der Waals surface area contributed by atoms with Crippen LogP contribution in [0.15, 0.2) is 36.5 Å². The molecule has 2 fully saturated rings. The lowest BCUT2D eigenvalue weighted by Crippen LogP contribution is -2.47. The molecule has 234 valence electrons. The number of nitrogens with zero attached hydrogens (tertiary/aromatic N) is 4. The number of hydrogen-bond acceptors (Lipinski definition) is 7. The van der Waals surface area contributed by atoms with Gasteiger partial charge in [0.2, 0.25) is 5.91 Å². The van der Waals surface area contributed by atoms with Crippen LogP contribution in [-0.4, -0.2) is 95.5 Å². The smallest absolute Gasteiger partial charge is 0.475 e. The zero-order valence-corrected chi connectivity index (χ0v) is 23.9. The lowest BCUT2D eigenvalue weighted by molar-refractivity contribution is -0.193. The number of aliphatic carboxylic acids is 2. The zero-order chi connectivity index (χ0) is 31.9. The second-order valence-corrected chi connectivity index (χ2v) is 11.5. The predicted octanol–water partition coefficient (Wildman–Crippen LogP) is 4.52. The Balaban J connectivity index is 0.000000367. The van der Waals surface area contributed by atoms with Gasteiger partial charge in [0.15, 0.2) is 0 Å². The molecule has 0 radical (unpaired) electrons. The minimum atomic E-state index is -5.08. The largest absolute Gasteiger partial charge is 0.490 e. The summed E-state index contributed by atoms with van der Waals surface area (Å²) >= 11 is 1.88. The van der Waals surface area contributed by atoms with E-state index < -0.39 is 24.3 Å². The maximum Gasteiger partial charge on any atom is 0.490 e. The normalized spacial score (nSPS) is 20.7. The first-order valence-electron chi connectivity index (χ1n) is 12.6. The Kier molecular flexibility index (Phi) is 11.7. The average molecular weight is 627 g/mol. The van der Waals surface area contributed by atoms with Gasteiger partial charge in [-0.15, -0.1) is 11.3 Å². The molecule has 1 amide bonds. The molecule has 0 saturated carbocycles. The number of aromatic nitrogens is 1. The van der Waals surface area contributed by atoms with E-state index in [4.69, 9.17) is 19.8 Å². The fourth-order valence-electron chi connectivity index (χ4n) is 4.96. The number of likely N-dealkylation sites (tertiary alicyclic amines) is 1. The summed E-state index contributed by atoms with van der Waals surface area (Å²) < 4.78 is 63.5. The van der Waals surface area contributed by atoms with E-state index in [1.54, 1.807) is 4.90 Å². The number of pyridine rings is 1. The molecular weight excluding hydrogens is 594 g/mol. The van der Waals surface area contributed by atoms with E-state index in [9.17, 15) is 31.1 Å². The zero-order valence-electron chi connectivity index (χ0n) is 23.1. The van der Waals surface area contributed by atoms with Crippen LogP contribution in [0.4, 0.5) is 32.2 Å². The number of thiophene rings is 1. The lowest BCUT2D eigenvalue weighted by Gasteiger charge is -2.34. The third-order valence-corrected chi connectivity index (χ3v) is 7.72. The van der Waals surface area contributed by atoms with E-state index >= 15 is 0 Å². The summed E-state index contributed by atoms with van der Waals surface area (Å²) in [5.74, 6) is -3.92. The Labute approximate surface area is 242 Å². The van der Waals surface area contributed by atoms with Crippen molar-refractivity contribution in [2.24, 2.45) is 11.3 Å². The van der Waals surface area contributed by atoms with Crippen LogP contribution in [0.1, 0.15) is 22.6 Å². The van der Waals surface area contributed by atoms with Crippen LogP contribution in [0.5, 0.6) is 0 Å².